The van der Waals surface area contributed by atoms with Crippen LogP contribution < -0.4 is 0 Å². The molecule has 3 heterocycles. The lowest BCUT2D eigenvalue weighted by Crippen LogP contribution is -2.48. The molecule has 3 aliphatic heterocycles. The van der Waals surface area contributed by atoms with E-state index in [1.54, 1.807) is 36.4 Å². The Morgan fingerprint density at radius 3 is 1.27 bits per heavy atom. The van der Waals surface area contributed by atoms with Crippen LogP contribution in [0, 0.1) is 20.2 Å². The van der Waals surface area contributed by atoms with Gasteiger partial charge in [-0.2, -0.15) is 0 Å². The molecule has 4 amide bonds. The molecule has 0 spiro atoms. The number of hydrogen-bond donors (Lipinski definition) is 0. The summed E-state index contributed by atoms with van der Waals surface area (Å²) in [5, 5.41) is 24.8. The van der Waals surface area contributed by atoms with Crippen LogP contribution in [-0.4, -0.2) is 105 Å². The van der Waals surface area contributed by atoms with Crippen molar-refractivity contribution < 1.29 is 29.0 Å². The van der Waals surface area contributed by atoms with Crippen molar-refractivity contribution in [1.82, 2.24) is 19.6 Å². The second kappa shape index (κ2) is 12.2. The van der Waals surface area contributed by atoms with E-state index in [4.69, 9.17) is 0 Å². The molecule has 1 fully saturated rings. The molecule has 14 heteroatoms. The largest absolute Gasteiger partial charge is 0.301 e. The van der Waals surface area contributed by atoms with Crippen LogP contribution in [0.25, 0.3) is 21.5 Å². The predicted octanol–water partition coefficient (Wildman–Crippen LogP) is 4.10. The Bertz CT molecular complexity index is 1920. The molecule has 0 aromatic heterocycles. The minimum Gasteiger partial charge on any atom is -0.301 e. The third kappa shape index (κ3) is 5.34. The van der Waals surface area contributed by atoms with Crippen LogP contribution in [0.2, 0.25) is 0 Å². The van der Waals surface area contributed by atoms with Gasteiger partial charge < -0.3 is 9.80 Å². The molecular weight excluding hydrogens is 620 g/mol. The SMILES string of the molecule is O=C1c2cccc3cc([N+](=O)[O-])cc(c23)C(=O)N1CCCN1CCN(CCCN2C(=O)c3cccc4cc([N+](=O)[O-])cc(c34)C2=O)CC1. The molecule has 14 nitrogen and oxygen atoms in total. The van der Waals surface area contributed by atoms with E-state index in [2.05, 4.69) is 9.80 Å². The van der Waals surface area contributed by atoms with E-state index in [9.17, 15) is 39.4 Å². The monoisotopic (exact) mass is 650 g/mol. The maximum atomic E-state index is 13.3. The number of hydrogen-bond acceptors (Lipinski definition) is 10. The molecule has 0 aliphatic carbocycles. The van der Waals surface area contributed by atoms with E-state index in [0.29, 0.717) is 58.6 Å². The van der Waals surface area contributed by atoms with Crippen molar-refractivity contribution in [3.63, 3.8) is 0 Å². The van der Waals surface area contributed by atoms with Gasteiger partial charge in [0.2, 0.25) is 0 Å². The fourth-order valence-electron chi connectivity index (χ4n) is 7.04. The Balaban J connectivity index is 0.909. The maximum Gasteiger partial charge on any atom is 0.270 e. The van der Waals surface area contributed by atoms with Gasteiger partial charge in [0, 0.05) is 85.4 Å². The van der Waals surface area contributed by atoms with Gasteiger partial charge in [0.05, 0.1) is 21.0 Å². The second-order valence-corrected chi connectivity index (χ2v) is 12.2. The Hall–Kier alpha value is -5.60. The van der Waals surface area contributed by atoms with Gasteiger partial charge in [-0.15, -0.1) is 0 Å². The van der Waals surface area contributed by atoms with Gasteiger partial charge in [0.25, 0.3) is 35.0 Å². The first-order valence-electron chi connectivity index (χ1n) is 15.7. The van der Waals surface area contributed by atoms with Crippen LogP contribution in [0.4, 0.5) is 11.4 Å². The normalized spacial score (nSPS) is 16.8. The first-order valence-corrected chi connectivity index (χ1v) is 15.7. The molecule has 48 heavy (non-hydrogen) atoms. The number of nitro benzene ring substituents is 2. The highest BCUT2D eigenvalue weighted by atomic mass is 16.6. The average molecular weight is 651 g/mol. The molecule has 4 aromatic rings. The lowest BCUT2D eigenvalue weighted by molar-refractivity contribution is -0.384. The lowest BCUT2D eigenvalue weighted by atomic mass is 9.93. The number of piperazine rings is 1. The van der Waals surface area contributed by atoms with Crippen LogP contribution in [0.3, 0.4) is 0 Å². The quantitative estimate of drug-likeness (QED) is 0.138. The predicted molar refractivity (Wildman–Crippen MR) is 174 cm³/mol. The molecule has 7 rings (SSSR count). The average Bonchev–Trinajstić information content (AvgIpc) is 3.08. The van der Waals surface area contributed by atoms with E-state index in [1.165, 1.54) is 34.1 Å². The molecule has 0 bridgehead atoms. The summed E-state index contributed by atoms with van der Waals surface area (Å²) in [6.45, 7) is 4.74. The smallest absolute Gasteiger partial charge is 0.270 e. The standard InChI is InChI=1S/C34H30N6O8/c41-31-25-7-1-5-21-17-23(39(45)46)19-27(29(21)25)33(43)37(31)11-3-9-35-13-15-36(16-14-35)10-4-12-38-32(42)26-8-2-6-22-18-24(40(47)48)20-28(30(22)26)34(38)44/h1-2,5-8,17-20H,3-4,9-16H2. The van der Waals surface area contributed by atoms with Crippen LogP contribution in [0.1, 0.15) is 54.3 Å². The zero-order valence-electron chi connectivity index (χ0n) is 25.8. The summed E-state index contributed by atoms with van der Waals surface area (Å²) in [6.07, 6.45) is 1.09. The number of rotatable bonds is 10. The Morgan fingerprint density at radius 2 is 0.896 bits per heavy atom. The van der Waals surface area contributed by atoms with Gasteiger partial charge >= 0.3 is 0 Å². The third-order valence-corrected chi connectivity index (χ3v) is 9.42. The van der Waals surface area contributed by atoms with Gasteiger partial charge in [0.15, 0.2) is 0 Å². The van der Waals surface area contributed by atoms with Gasteiger partial charge in [-0.1, -0.05) is 24.3 Å². The number of benzene rings is 4. The maximum absolute atomic E-state index is 13.3. The molecule has 3 aliphatic rings. The molecule has 0 N–H and O–H groups in total. The van der Waals surface area contributed by atoms with E-state index >= 15 is 0 Å². The van der Waals surface area contributed by atoms with Gasteiger partial charge in [-0.25, -0.2) is 0 Å². The number of carbonyl (C=O) groups is 4. The van der Waals surface area contributed by atoms with Crippen LogP contribution in [-0.2, 0) is 0 Å². The first-order chi connectivity index (χ1) is 23.1. The van der Waals surface area contributed by atoms with Crippen LogP contribution in [0.5, 0.6) is 0 Å². The van der Waals surface area contributed by atoms with E-state index in [1.807, 2.05) is 0 Å². The zero-order chi connectivity index (χ0) is 33.7. The summed E-state index contributed by atoms with van der Waals surface area (Å²) >= 11 is 0. The fourth-order valence-corrected chi connectivity index (χ4v) is 7.04. The van der Waals surface area contributed by atoms with Gasteiger partial charge in [-0.05, 0) is 48.8 Å². The highest BCUT2D eigenvalue weighted by Gasteiger charge is 2.35. The van der Waals surface area contributed by atoms with Crippen LogP contribution >= 0.6 is 0 Å². The van der Waals surface area contributed by atoms with Crippen molar-refractivity contribution in [3.8, 4) is 0 Å². The molecule has 0 atom stereocenters. The van der Waals surface area contributed by atoms with Crippen molar-refractivity contribution in [2.75, 3.05) is 52.4 Å². The summed E-state index contributed by atoms with van der Waals surface area (Å²) in [4.78, 5) is 81.8. The summed E-state index contributed by atoms with van der Waals surface area (Å²) in [5.74, 6) is -1.86. The number of nitro groups is 2. The zero-order valence-corrected chi connectivity index (χ0v) is 25.8. The Labute approximate surface area is 273 Å². The minimum atomic E-state index is -0.544. The number of amides is 4. The third-order valence-electron chi connectivity index (χ3n) is 9.42. The van der Waals surface area contributed by atoms with Crippen molar-refractivity contribution in [2.24, 2.45) is 0 Å². The van der Waals surface area contributed by atoms with E-state index in [-0.39, 0.29) is 35.6 Å². The van der Waals surface area contributed by atoms with E-state index in [0.717, 1.165) is 26.2 Å². The molecule has 0 radical (unpaired) electrons. The summed E-state index contributed by atoms with van der Waals surface area (Å²) in [5.41, 5.74) is 0.663. The molecule has 1 saturated heterocycles. The fraction of sp³-hybridized carbons (Fsp3) is 0.294. The van der Waals surface area contributed by atoms with Crippen molar-refractivity contribution in [1.29, 1.82) is 0 Å². The van der Waals surface area contributed by atoms with Crippen molar-refractivity contribution in [2.45, 2.75) is 12.8 Å². The topological polar surface area (TPSA) is 168 Å². The van der Waals surface area contributed by atoms with Crippen LogP contribution in [0.15, 0.2) is 60.7 Å². The number of carbonyl (C=O) groups excluding carboxylic acids is 4. The molecule has 0 unspecified atom stereocenters. The summed E-state index contributed by atoms with van der Waals surface area (Å²) < 4.78 is 0. The van der Waals surface area contributed by atoms with E-state index < -0.39 is 33.5 Å². The molecule has 244 valence electrons. The minimum absolute atomic E-state index is 0.165. The first kappa shape index (κ1) is 31.0. The molecular formula is C34H30N6O8. The number of nitrogens with zero attached hydrogens (tertiary/aromatic N) is 6. The number of non-ortho nitro benzene ring substituents is 2. The number of imide groups is 2. The summed E-state index contributed by atoms with van der Waals surface area (Å²) in [6, 6.07) is 15.2. The van der Waals surface area contributed by atoms with Crippen molar-refractivity contribution in [3.05, 3.63) is 103 Å². The Morgan fingerprint density at radius 1 is 0.521 bits per heavy atom. The van der Waals surface area contributed by atoms with Gasteiger partial charge in [0.1, 0.15) is 0 Å². The lowest BCUT2D eigenvalue weighted by Gasteiger charge is -2.35. The van der Waals surface area contributed by atoms with Crippen molar-refractivity contribution >= 4 is 56.5 Å². The molecule has 4 aromatic carbocycles. The highest BCUT2D eigenvalue weighted by Crippen LogP contribution is 2.35. The second-order valence-electron chi connectivity index (χ2n) is 12.2. The highest BCUT2D eigenvalue weighted by molar-refractivity contribution is 6.26. The summed E-state index contributed by atoms with van der Waals surface area (Å²) in [7, 11) is 0. The van der Waals surface area contributed by atoms with Gasteiger partial charge in [-0.3, -0.25) is 49.2 Å². The molecule has 0 saturated carbocycles. The Kier molecular flexibility index (Phi) is 7.89.